The smallest absolute Gasteiger partial charge is 0.139 e. The van der Waals surface area contributed by atoms with Crippen molar-refractivity contribution in [2.45, 2.75) is 44.5 Å². The van der Waals surface area contributed by atoms with E-state index in [0.717, 1.165) is 11.3 Å². The number of aromatic nitrogens is 2. The van der Waals surface area contributed by atoms with Crippen LogP contribution in [-0.2, 0) is 5.54 Å². The van der Waals surface area contributed by atoms with Crippen molar-refractivity contribution < 1.29 is 4.39 Å². The molecule has 0 spiro atoms. The molecule has 1 saturated carbocycles. The van der Waals surface area contributed by atoms with Gasteiger partial charge in [0.2, 0.25) is 0 Å². The summed E-state index contributed by atoms with van der Waals surface area (Å²) in [6, 6.07) is 3.28. The number of rotatable bonds is 3. The van der Waals surface area contributed by atoms with Crippen LogP contribution in [0.25, 0.3) is 11.0 Å². The van der Waals surface area contributed by atoms with Gasteiger partial charge in [-0.25, -0.2) is 9.37 Å². The highest BCUT2D eigenvalue weighted by atomic mass is 79.9. The molecule has 108 valence electrons. The number of halogens is 3. The number of hydrogen-bond donors (Lipinski definition) is 0. The topological polar surface area (TPSA) is 17.8 Å². The zero-order valence-corrected chi connectivity index (χ0v) is 14.1. The van der Waals surface area contributed by atoms with Crippen LogP contribution in [-0.4, -0.2) is 9.55 Å². The van der Waals surface area contributed by atoms with E-state index in [-0.39, 0.29) is 16.7 Å². The molecule has 1 aliphatic carbocycles. The van der Waals surface area contributed by atoms with E-state index in [9.17, 15) is 4.39 Å². The van der Waals surface area contributed by atoms with Crippen LogP contribution in [0.1, 0.15) is 44.8 Å². The molecule has 1 heterocycles. The van der Waals surface area contributed by atoms with E-state index in [0.29, 0.717) is 15.9 Å². The highest BCUT2D eigenvalue weighted by molar-refractivity contribution is 9.10. The Balaban J connectivity index is 2.31. The van der Waals surface area contributed by atoms with Crippen LogP contribution in [0.2, 0.25) is 0 Å². The van der Waals surface area contributed by atoms with Crippen molar-refractivity contribution in [3.05, 3.63) is 28.2 Å². The molecule has 1 aliphatic rings. The summed E-state index contributed by atoms with van der Waals surface area (Å²) in [5.41, 5.74) is 1.56. The number of alkyl halides is 1. The van der Waals surface area contributed by atoms with E-state index < -0.39 is 0 Å². The Labute approximate surface area is 131 Å². The van der Waals surface area contributed by atoms with Gasteiger partial charge in [0.05, 0.1) is 20.9 Å². The average molecular weight is 360 g/mol. The molecule has 1 fully saturated rings. The van der Waals surface area contributed by atoms with Gasteiger partial charge in [-0.1, -0.05) is 0 Å². The van der Waals surface area contributed by atoms with E-state index in [4.69, 9.17) is 11.6 Å². The number of nitrogens with zero attached hydrogens (tertiary/aromatic N) is 2. The van der Waals surface area contributed by atoms with Crippen LogP contribution >= 0.6 is 27.5 Å². The van der Waals surface area contributed by atoms with Crippen molar-refractivity contribution in [3.8, 4) is 0 Å². The Morgan fingerprint density at radius 3 is 2.65 bits per heavy atom. The van der Waals surface area contributed by atoms with Crippen molar-refractivity contribution in [3.63, 3.8) is 0 Å². The van der Waals surface area contributed by atoms with Gasteiger partial charge in [0.15, 0.2) is 0 Å². The monoisotopic (exact) mass is 358 g/mol. The summed E-state index contributed by atoms with van der Waals surface area (Å²) in [6.45, 7) is 6.34. The highest BCUT2D eigenvalue weighted by Gasteiger charge is 2.41. The molecule has 1 unspecified atom stereocenters. The predicted octanol–water partition coefficient (Wildman–Crippen LogP) is 5.38. The summed E-state index contributed by atoms with van der Waals surface area (Å²) < 4.78 is 16.4. The first-order chi connectivity index (χ1) is 9.32. The third kappa shape index (κ3) is 2.17. The molecular formula is C15H17BrClFN2. The minimum Gasteiger partial charge on any atom is -0.321 e. The van der Waals surface area contributed by atoms with Gasteiger partial charge in [-0.2, -0.15) is 0 Å². The van der Waals surface area contributed by atoms with Crippen LogP contribution in [0.5, 0.6) is 0 Å². The largest absolute Gasteiger partial charge is 0.321 e. The van der Waals surface area contributed by atoms with E-state index >= 15 is 0 Å². The number of imidazole rings is 1. The lowest BCUT2D eigenvalue weighted by Crippen LogP contribution is -2.30. The van der Waals surface area contributed by atoms with Gasteiger partial charge in [-0.3, -0.25) is 0 Å². The summed E-state index contributed by atoms with van der Waals surface area (Å²) in [4.78, 5) is 4.56. The van der Waals surface area contributed by atoms with Crippen molar-refractivity contribution in [1.82, 2.24) is 9.55 Å². The molecule has 0 amide bonds. The SMILES string of the molecule is CC(Cl)c1nc2cc(F)c(Br)cc2n1C(C)(C)C1CC1. The van der Waals surface area contributed by atoms with E-state index in [1.807, 2.05) is 13.0 Å². The van der Waals surface area contributed by atoms with Gasteiger partial charge in [0.25, 0.3) is 0 Å². The second-order valence-corrected chi connectivity index (χ2v) is 7.61. The number of hydrogen-bond acceptors (Lipinski definition) is 1. The molecule has 20 heavy (non-hydrogen) atoms. The normalized spacial score (nSPS) is 17.7. The molecule has 3 rings (SSSR count). The van der Waals surface area contributed by atoms with Crippen molar-refractivity contribution in [2.75, 3.05) is 0 Å². The standard InChI is InChI=1S/C15H17BrClFN2/c1-8(17)14-19-12-7-11(18)10(16)6-13(12)20(14)15(2,3)9-4-5-9/h6-9H,4-5H2,1-3H3. The molecule has 2 aromatic rings. The second kappa shape index (κ2) is 4.70. The highest BCUT2D eigenvalue weighted by Crippen LogP contribution is 2.46. The van der Waals surface area contributed by atoms with Gasteiger partial charge < -0.3 is 4.57 Å². The maximum atomic E-state index is 13.7. The van der Waals surface area contributed by atoms with Gasteiger partial charge in [-0.05, 0) is 61.5 Å². The van der Waals surface area contributed by atoms with E-state index in [1.165, 1.54) is 18.9 Å². The Kier molecular flexibility index (Phi) is 3.37. The summed E-state index contributed by atoms with van der Waals surface area (Å²) in [6.07, 6.45) is 2.45. The number of benzene rings is 1. The fourth-order valence-electron chi connectivity index (χ4n) is 2.94. The summed E-state index contributed by atoms with van der Waals surface area (Å²) in [5, 5.41) is -0.206. The molecule has 0 saturated heterocycles. The number of fused-ring (bicyclic) bond motifs is 1. The van der Waals surface area contributed by atoms with Crippen LogP contribution in [0.4, 0.5) is 4.39 Å². The Bertz CT molecular complexity index is 674. The molecule has 1 aromatic heterocycles. The molecule has 0 radical (unpaired) electrons. The summed E-state index contributed by atoms with van der Waals surface area (Å²) in [5.74, 6) is 1.16. The fraction of sp³-hybridized carbons (Fsp3) is 0.533. The van der Waals surface area contributed by atoms with Gasteiger partial charge in [0, 0.05) is 11.6 Å². The lowest BCUT2D eigenvalue weighted by molar-refractivity contribution is 0.304. The minimum atomic E-state index is -0.292. The lowest BCUT2D eigenvalue weighted by Gasteiger charge is -2.30. The predicted molar refractivity (Wildman–Crippen MR) is 83.7 cm³/mol. The average Bonchev–Trinajstić information content (AvgIpc) is 3.13. The third-order valence-electron chi connectivity index (χ3n) is 4.23. The van der Waals surface area contributed by atoms with E-state index in [1.54, 1.807) is 0 Å². The molecular weight excluding hydrogens is 343 g/mol. The van der Waals surface area contributed by atoms with Crippen LogP contribution in [0, 0.1) is 11.7 Å². The van der Waals surface area contributed by atoms with Crippen LogP contribution < -0.4 is 0 Å². The molecule has 2 nitrogen and oxygen atoms in total. The Morgan fingerprint density at radius 2 is 2.10 bits per heavy atom. The van der Waals surface area contributed by atoms with Crippen molar-refractivity contribution >= 4 is 38.6 Å². The van der Waals surface area contributed by atoms with Gasteiger partial charge in [-0.15, -0.1) is 11.6 Å². The van der Waals surface area contributed by atoms with E-state index in [2.05, 4.69) is 39.3 Å². The molecule has 0 bridgehead atoms. The quantitative estimate of drug-likeness (QED) is 0.672. The zero-order valence-electron chi connectivity index (χ0n) is 11.8. The van der Waals surface area contributed by atoms with Crippen LogP contribution in [0.3, 0.4) is 0 Å². The molecule has 0 aliphatic heterocycles. The van der Waals surface area contributed by atoms with Gasteiger partial charge in [0.1, 0.15) is 11.6 Å². The first-order valence-electron chi connectivity index (χ1n) is 6.84. The summed E-state index contributed by atoms with van der Waals surface area (Å²) >= 11 is 9.57. The first kappa shape index (κ1) is 14.3. The molecule has 1 atom stereocenters. The van der Waals surface area contributed by atoms with Crippen molar-refractivity contribution in [1.29, 1.82) is 0 Å². The molecule has 5 heteroatoms. The first-order valence-corrected chi connectivity index (χ1v) is 8.07. The molecule has 1 aromatic carbocycles. The Hall–Kier alpha value is -0.610. The third-order valence-corrected chi connectivity index (χ3v) is 5.03. The van der Waals surface area contributed by atoms with Gasteiger partial charge >= 0.3 is 0 Å². The van der Waals surface area contributed by atoms with Crippen molar-refractivity contribution in [2.24, 2.45) is 5.92 Å². The zero-order chi connectivity index (χ0) is 14.7. The fourth-order valence-corrected chi connectivity index (χ4v) is 3.41. The van der Waals surface area contributed by atoms with Crippen LogP contribution in [0.15, 0.2) is 16.6 Å². The summed E-state index contributed by atoms with van der Waals surface area (Å²) in [7, 11) is 0. The molecule has 0 N–H and O–H groups in total. The lowest BCUT2D eigenvalue weighted by atomic mass is 9.97. The maximum absolute atomic E-state index is 13.7. The Morgan fingerprint density at radius 1 is 1.45 bits per heavy atom. The minimum absolute atomic E-state index is 0.0511. The maximum Gasteiger partial charge on any atom is 0.139 e. The second-order valence-electron chi connectivity index (χ2n) is 6.10.